The second kappa shape index (κ2) is 14.2. The molecule has 0 saturated carbocycles. The lowest BCUT2D eigenvalue weighted by Crippen LogP contribution is -2.09. The molecule has 5 heteroatoms. The van der Waals surface area contributed by atoms with Gasteiger partial charge in [-0.05, 0) is 18.9 Å². The van der Waals surface area contributed by atoms with Gasteiger partial charge in [0.15, 0.2) is 0 Å². The number of esters is 2. The van der Waals surface area contributed by atoms with E-state index in [-0.39, 0.29) is 31.4 Å². The fourth-order valence-corrected chi connectivity index (χ4v) is 2.57. The van der Waals surface area contributed by atoms with Gasteiger partial charge in [-0.1, -0.05) is 57.2 Å². The quantitative estimate of drug-likeness (QED) is 0.350. The van der Waals surface area contributed by atoms with Crippen LogP contribution in [0, 0.1) is 0 Å². The third-order valence-corrected chi connectivity index (χ3v) is 4.10. The van der Waals surface area contributed by atoms with Crippen molar-refractivity contribution < 1.29 is 23.8 Å². The smallest absolute Gasteiger partial charge is 0.306 e. The van der Waals surface area contributed by atoms with Gasteiger partial charge < -0.3 is 14.2 Å². The Bertz CT molecular complexity index is 527. The number of rotatable bonds is 14. The maximum atomic E-state index is 11.8. The van der Waals surface area contributed by atoms with Crippen molar-refractivity contribution in [1.82, 2.24) is 0 Å². The van der Waals surface area contributed by atoms with Crippen LogP contribution in [0.3, 0.4) is 0 Å². The van der Waals surface area contributed by atoms with Crippen LogP contribution in [0.5, 0.6) is 5.75 Å². The first kappa shape index (κ1) is 22.0. The van der Waals surface area contributed by atoms with E-state index < -0.39 is 0 Å². The van der Waals surface area contributed by atoms with E-state index in [2.05, 4.69) is 6.92 Å². The van der Waals surface area contributed by atoms with Gasteiger partial charge >= 0.3 is 11.9 Å². The zero-order valence-electron chi connectivity index (χ0n) is 16.1. The molecule has 0 radical (unpaired) electrons. The highest BCUT2D eigenvalue weighted by molar-refractivity contribution is 5.72. The van der Waals surface area contributed by atoms with Gasteiger partial charge in [-0.15, -0.1) is 0 Å². The number of methoxy groups -OCH3 is 1. The average molecular weight is 364 g/mol. The lowest BCUT2D eigenvalue weighted by molar-refractivity contribution is -0.146. The summed E-state index contributed by atoms with van der Waals surface area (Å²) in [4.78, 5) is 23.4. The van der Waals surface area contributed by atoms with Gasteiger partial charge in [0.2, 0.25) is 0 Å². The first-order valence-electron chi connectivity index (χ1n) is 9.60. The van der Waals surface area contributed by atoms with Crippen LogP contribution in [-0.4, -0.2) is 25.7 Å². The molecule has 0 N–H and O–H groups in total. The molecule has 0 atom stereocenters. The number of benzene rings is 1. The van der Waals surface area contributed by atoms with E-state index in [1.807, 2.05) is 24.3 Å². The van der Waals surface area contributed by atoms with Crippen LogP contribution in [0.15, 0.2) is 24.3 Å². The molecule has 26 heavy (non-hydrogen) atoms. The highest BCUT2D eigenvalue weighted by atomic mass is 16.5. The fraction of sp³-hybridized carbons (Fsp3) is 0.619. The third kappa shape index (κ3) is 10.1. The Hall–Kier alpha value is -2.04. The number of hydrogen-bond donors (Lipinski definition) is 0. The van der Waals surface area contributed by atoms with Gasteiger partial charge in [0.25, 0.3) is 0 Å². The molecule has 0 spiro atoms. The van der Waals surface area contributed by atoms with Crippen molar-refractivity contribution in [2.75, 3.05) is 13.7 Å². The van der Waals surface area contributed by atoms with Crippen LogP contribution < -0.4 is 4.74 Å². The normalized spacial score (nSPS) is 10.4. The van der Waals surface area contributed by atoms with E-state index in [1.165, 1.54) is 25.7 Å². The topological polar surface area (TPSA) is 61.8 Å². The molecule has 146 valence electrons. The van der Waals surface area contributed by atoms with Gasteiger partial charge in [-0.25, -0.2) is 0 Å². The summed E-state index contributed by atoms with van der Waals surface area (Å²) in [5.41, 5.74) is 0.821. The minimum absolute atomic E-state index is 0.172. The van der Waals surface area contributed by atoms with Crippen molar-refractivity contribution >= 4 is 11.9 Å². The Labute approximate surface area is 157 Å². The van der Waals surface area contributed by atoms with Gasteiger partial charge in [-0.2, -0.15) is 0 Å². The molecule has 0 saturated heterocycles. The lowest BCUT2D eigenvalue weighted by Gasteiger charge is -2.09. The second-order valence-corrected chi connectivity index (χ2v) is 6.31. The van der Waals surface area contributed by atoms with Gasteiger partial charge in [0.1, 0.15) is 12.4 Å². The summed E-state index contributed by atoms with van der Waals surface area (Å²) in [5, 5.41) is 0. The zero-order valence-corrected chi connectivity index (χ0v) is 16.1. The molecule has 0 heterocycles. The maximum Gasteiger partial charge on any atom is 0.306 e. The summed E-state index contributed by atoms with van der Waals surface area (Å²) in [6, 6.07) is 7.40. The average Bonchev–Trinajstić information content (AvgIpc) is 2.66. The summed E-state index contributed by atoms with van der Waals surface area (Å²) in [7, 11) is 1.58. The molecule has 0 aliphatic heterocycles. The minimum atomic E-state index is -0.320. The predicted molar refractivity (Wildman–Crippen MR) is 101 cm³/mol. The molecule has 0 aliphatic rings. The van der Waals surface area contributed by atoms with Crippen LogP contribution in [0.25, 0.3) is 0 Å². The largest absolute Gasteiger partial charge is 0.496 e. The molecule has 1 aromatic carbocycles. The summed E-state index contributed by atoms with van der Waals surface area (Å²) in [6.45, 7) is 2.84. The summed E-state index contributed by atoms with van der Waals surface area (Å²) >= 11 is 0. The van der Waals surface area contributed by atoms with Crippen LogP contribution in [-0.2, 0) is 25.7 Å². The first-order valence-corrected chi connectivity index (χ1v) is 9.60. The fourth-order valence-electron chi connectivity index (χ4n) is 2.57. The number of hydrogen-bond acceptors (Lipinski definition) is 5. The van der Waals surface area contributed by atoms with E-state index >= 15 is 0 Å². The Morgan fingerprint density at radius 2 is 1.50 bits per heavy atom. The van der Waals surface area contributed by atoms with E-state index in [0.29, 0.717) is 18.8 Å². The van der Waals surface area contributed by atoms with Crippen molar-refractivity contribution in [2.45, 2.75) is 71.3 Å². The zero-order chi connectivity index (χ0) is 19.0. The molecule has 5 nitrogen and oxygen atoms in total. The van der Waals surface area contributed by atoms with Crippen LogP contribution in [0.4, 0.5) is 0 Å². The predicted octanol–water partition coefficient (Wildman–Crippen LogP) is 4.81. The van der Waals surface area contributed by atoms with Gasteiger partial charge in [0.05, 0.1) is 13.7 Å². The summed E-state index contributed by atoms with van der Waals surface area (Å²) in [5.74, 6) is 0.134. The Morgan fingerprint density at radius 3 is 2.23 bits per heavy atom. The number of carbonyl (C=O) groups excluding carboxylic acids is 2. The highest BCUT2D eigenvalue weighted by Gasteiger charge is 2.09. The van der Waals surface area contributed by atoms with Crippen molar-refractivity contribution in [3.05, 3.63) is 29.8 Å². The molecule has 1 rings (SSSR count). The summed E-state index contributed by atoms with van der Waals surface area (Å²) < 4.78 is 15.6. The number of carbonyl (C=O) groups is 2. The number of unbranched alkanes of at least 4 members (excludes halogenated alkanes) is 5. The first-order chi connectivity index (χ1) is 12.7. The maximum absolute atomic E-state index is 11.8. The molecule has 0 fully saturated rings. The van der Waals surface area contributed by atoms with Crippen LogP contribution in [0.2, 0.25) is 0 Å². The van der Waals surface area contributed by atoms with E-state index in [1.54, 1.807) is 7.11 Å². The SMILES string of the molecule is CCCCCCCCOC(=O)CCCC(=O)OCc1ccccc1OC. The number of para-hydroxylation sites is 1. The molecule has 1 aromatic rings. The Balaban J connectivity index is 2.05. The van der Waals surface area contributed by atoms with Crippen molar-refractivity contribution in [3.8, 4) is 5.75 Å². The monoisotopic (exact) mass is 364 g/mol. The van der Waals surface area contributed by atoms with E-state index in [9.17, 15) is 9.59 Å². The second-order valence-electron chi connectivity index (χ2n) is 6.31. The van der Waals surface area contributed by atoms with Gasteiger partial charge in [0, 0.05) is 18.4 Å². The van der Waals surface area contributed by atoms with E-state index in [0.717, 1.165) is 18.4 Å². The van der Waals surface area contributed by atoms with Crippen LogP contribution >= 0.6 is 0 Å². The van der Waals surface area contributed by atoms with Crippen molar-refractivity contribution in [1.29, 1.82) is 0 Å². The molecular formula is C21H32O5. The molecular weight excluding hydrogens is 332 g/mol. The molecule has 0 aromatic heterocycles. The van der Waals surface area contributed by atoms with E-state index in [4.69, 9.17) is 14.2 Å². The Kier molecular flexibility index (Phi) is 12.0. The minimum Gasteiger partial charge on any atom is -0.496 e. The molecule has 0 unspecified atom stereocenters. The van der Waals surface area contributed by atoms with Crippen molar-refractivity contribution in [2.24, 2.45) is 0 Å². The standard InChI is InChI=1S/C21H32O5/c1-3-4-5-6-7-10-16-25-20(22)14-11-15-21(23)26-17-18-12-8-9-13-19(18)24-2/h8-9,12-13H,3-7,10-11,14-17H2,1-2H3. The molecule has 0 amide bonds. The molecule has 0 aliphatic carbocycles. The Morgan fingerprint density at radius 1 is 0.846 bits per heavy atom. The number of ether oxygens (including phenoxy) is 3. The summed E-state index contributed by atoms with van der Waals surface area (Å²) in [6.07, 6.45) is 7.87. The van der Waals surface area contributed by atoms with Crippen LogP contribution in [0.1, 0.15) is 70.3 Å². The third-order valence-electron chi connectivity index (χ3n) is 4.10. The lowest BCUT2D eigenvalue weighted by atomic mass is 10.1. The van der Waals surface area contributed by atoms with Gasteiger partial charge in [-0.3, -0.25) is 9.59 Å². The highest BCUT2D eigenvalue weighted by Crippen LogP contribution is 2.18. The molecule has 0 bridgehead atoms. The van der Waals surface area contributed by atoms with Crippen molar-refractivity contribution in [3.63, 3.8) is 0 Å².